The molecule has 30 heavy (non-hydrogen) atoms. The van der Waals surface area contributed by atoms with E-state index in [1.54, 1.807) is 0 Å². The van der Waals surface area contributed by atoms with Gasteiger partial charge >= 0.3 is 0 Å². The molecule has 0 unspecified atom stereocenters. The van der Waals surface area contributed by atoms with E-state index in [0.717, 1.165) is 28.7 Å². The number of pyridine rings is 1. The van der Waals surface area contributed by atoms with Gasteiger partial charge in [0.15, 0.2) is 0 Å². The topological polar surface area (TPSA) is 97.1 Å². The lowest BCUT2D eigenvalue weighted by atomic mass is 9.48. The molecule has 6 rings (SSSR count). The van der Waals surface area contributed by atoms with Crippen molar-refractivity contribution in [3.63, 3.8) is 0 Å². The predicted molar refractivity (Wildman–Crippen MR) is 127 cm³/mol. The van der Waals surface area contributed by atoms with E-state index in [4.69, 9.17) is 5.73 Å². The molecule has 0 saturated heterocycles. The van der Waals surface area contributed by atoms with Gasteiger partial charge in [0.05, 0.1) is 12.1 Å². The zero-order chi connectivity index (χ0) is 19.3. The molecule has 6 nitrogen and oxygen atoms in total. The van der Waals surface area contributed by atoms with Gasteiger partial charge in [0.2, 0.25) is 0 Å². The van der Waals surface area contributed by atoms with Crippen LogP contribution >= 0.6 is 34.0 Å². The monoisotopic (exact) mass is 538 g/mol. The average Bonchev–Trinajstić information content (AvgIpc) is 2.69. The minimum absolute atomic E-state index is 0. The SMILES string of the molecule is Br.Br.NCC(=O)NNC(=O)c1cc(C23CC4CC(CC(C4)C2)C3)c2ccccc2n1. The van der Waals surface area contributed by atoms with Gasteiger partial charge in [-0.1, -0.05) is 18.2 Å². The number of halogens is 2. The molecule has 2 aromatic rings. The van der Waals surface area contributed by atoms with Gasteiger partial charge in [-0.2, -0.15) is 0 Å². The number of nitrogens with zero attached hydrogens (tertiary/aromatic N) is 1. The average molecular weight is 540 g/mol. The van der Waals surface area contributed by atoms with Gasteiger partial charge in [-0.25, -0.2) is 4.98 Å². The third-order valence-electron chi connectivity index (χ3n) is 7.06. The number of carbonyl (C=O) groups excluding carboxylic acids is 2. The highest BCUT2D eigenvalue weighted by atomic mass is 79.9. The molecule has 1 heterocycles. The highest BCUT2D eigenvalue weighted by molar-refractivity contribution is 8.93. The van der Waals surface area contributed by atoms with Crippen LogP contribution in [0.4, 0.5) is 0 Å². The third-order valence-corrected chi connectivity index (χ3v) is 7.06. The van der Waals surface area contributed by atoms with Crippen LogP contribution in [0.25, 0.3) is 10.9 Å². The number of rotatable bonds is 3. The Morgan fingerprint density at radius 3 is 2.20 bits per heavy atom. The van der Waals surface area contributed by atoms with Crippen LogP contribution in [0, 0.1) is 17.8 Å². The van der Waals surface area contributed by atoms with E-state index in [2.05, 4.69) is 28.0 Å². The summed E-state index contributed by atoms with van der Waals surface area (Å²) in [5, 5.41) is 1.16. The lowest BCUT2D eigenvalue weighted by Gasteiger charge is -2.57. The Bertz CT molecular complexity index is 930. The fraction of sp³-hybridized carbons (Fsp3) is 0.500. The molecule has 4 bridgehead atoms. The number of hydrogen-bond acceptors (Lipinski definition) is 4. The van der Waals surface area contributed by atoms with E-state index in [-0.39, 0.29) is 45.9 Å². The van der Waals surface area contributed by atoms with Crippen LogP contribution in [0.5, 0.6) is 0 Å². The Kier molecular flexibility index (Phi) is 6.89. The van der Waals surface area contributed by atoms with E-state index < -0.39 is 11.8 Å². The molecule has 4 aliphatic carbocycles. The van der Waals surface area contributed by atoms with Gasteiger partial charge in [0.1, 0.15) is 5.69 Å². The molecule has 4 fully saturated rings. The van der Waals surface area contributed by atoms with Gasteiger partial charge in [-0.15, -0.1) is 34.0 Å². The Morgan fingerprint density at radius 1 is 1.00 bits per heavy atom. The molecule has 0 spiro atoms. The number of para-hydroxylation sites is 1. The summed E-state index contributed by atoms with van der Waals surface area (Å²) in [4.78, 5) is 28.6. The largest absolute Gasteiger partial charge is 0.322 e. The van der Waals surface area contributed by atoms with E-state index in [0.29, 0.717) is 5.69 Å². The van der Waals surface area contributed by atoms with Crippen molar-refractivity contribution in [2.24, 2.45) is 23.5 Å². The number of hydrazine groups is 1. The molecule has 1 aromatic carbocycles. The minimum atomic E-state index is -0.435. The second kappa shape index (κ2) is 8.93. The first kappa shape index (κ1) is 23.2. The summed E-state index contributed by atoms with van der Waals surface area (Å²) >= 11 is 0. The van der Waals surface area contributed by atoms with Gasteiger partial charge < -0.3 is 5.73 Å². The van der Waals surface area contributed by atoms with E-state index in [9.17, 15) is 9.59 Å². The first-order valence-electron chi connectivity index (χ1n) is 10.3. The highest BCUT2D eigenvalue weighted by Gasteiger charge is 2.52. The van der Waals surface area contributed by atoms with Crippen LogP contribution in [-0.2, 0) is 10.2 Å². The van der Waals surface area contributed by atoms with Crippen molar-refractivity contribution in [1.29, 1.82) is 0 Å². The van der Waals surface area contributed by atoms with E-state index >= 15 is 0 Å². The Labute approximate surface area is 197 Å². The summed E-state index contributed by atoms with van der Waals surface area (Å²) in [6, 6.07) is 10.1. The molecule has 8 heteroatoms. The molecular formula is C22H28Br2N4O2. The van der Waals surface area contributed by atoms with Crippen molar-refractivity contribution in [3.8, 4) is 0 Å². The van der Waals surface area contributed by atoms with Crippen molar-refractivity contribution >= 4 is 56.7 Å². The molecule has 1 aromatic heterocycles. The first-order chi connectivity index (χ1) is 13.6. The van der Waals surface area contributed by atoms with Crippen LogP contribution in [0.3, 0.4) is 0 Å². The predicted octanol–water partition coefficient (Wildman–Crippen LogP) is 3.58. The first-order valence-corrected chi connectivity index (χ1v) is 10.3. The van der Waals surface area contributed by atoms with Gasteiger partial charge in [0.25, 0.3) is 11.8 Å². The number of aromatic nitrogens is 1. The summed E-state index contributed by atoms with van der Waals surface area (Å²) in [5.41, 5.74) is 12.7. The normalized spacial score (nSPS) is 28.4. The molecule has 0 radical (unpaired) electrons. The number of carbonyl (C=O) groups is 2. The van der Waals surface area contributed by atoms with E-state index in [1.165, 1.54) is 44.1 Å². The molecule has 162 valence electrons. The molecule has 4 saturated carbocycles. The lowest BCUT2D eigenvalue weighted by Crippen LogP contribution is -2.49. The van der Waals surface area contributed by atoms with Crippen LogP contribution in [0.2, 0.25) is 0 Å². The maximum Gasteiger partial charge on any atom is 0.288 e. The summed E-state index contributed by atoms with van der Waals surface area (Å²) in [7, 11) is 0. The van der Waals surface area contributed by atoms with Crippen molar-refractivity contribution < 1.29 is 9.59 Å². The fourth-order valence-electron chi connectivity index (χ4n) is 6.41. The van der Waals surface area contributed by atoms with Crippen LogP contribution < -0.4 is 16.6 Å². The standard InChI is InChI=1S/C22H26N4O2.2BrH/c23-12-20(27)25-26-21(28)19-8-17(16-3-1-2-4-18(16)24-19)22-9-13-5-14(10-22)7-15(6-13)11-22;;/h1-4,8,13-15H,5-7,9-12,23H2,(H,25,27)(H,26,28);2*1H. The fourth-order valence-corrected chi connectivity index (χ4v) is 6.41. The lowest BCUT2D eigenvalue weighted by molar-refractivity contribution is -0.120. The molecular weight excluding hydrogens is 512 g/mol. The Morgan fingerprint density at radius 2 is 1.60 bits per heavy atom. The summed E-state index contributed by atoms with van der Waals surface area (Å²) < 4.78 is 0. The zero-order valence-electron chi connectivity index (χ0n) is 16.7. The molecule has 4 aliphatic rings. The van der Waals surface area contributed by atoms with Crippen molar-refractivity contribution in [2.45, 2.75) is 43.9 Å². The van der Waals surface area contributed by atoms with Crippen LogP contribution in [0.1, 0.15) is 54.6 Å². The number of benzene rings is 1. The summed E-state index contributed by atoms with van der Waals surface area (Å²) in [6.07, 6.45) is 7.79. The highest BCUT2D eigenvalue weighted by Crippen LogP contribution is 2.61. The number of amides is 2. The van der Waals surface area contributed by atoms with Gasteiger partial charge in [-0.3, -0.25) is 20.4 Å². The van der Waals surface area contributed by atoms with Crippen LogP contribution in [0.15, 0.2) is 30.3 Å². The van der Waals surface area contributed by atoms with Crippen molar-refractivity contribution in [3.05, 3.63) is 41.6 Å². The number of hydrogen-bond donors (Lipinski definition) is 3. The quantitative estimate of drug-likeness (QED) is 0.519. The second-order valence-corrected chi connectivity index (χ2v) is 8.98. The van der Waals surface area contributed by atoms with Gasteiger partial charge in [-0.05, 0) is 79.4 Å². The smallest absolute Gasteiger partial charge is 0.288 e. The molecule has 2 amide bonds. The molecule has 4 N–H and O–H groups in total. The van der Waals surface area contributed by atoms with Crippen molar-refractivity contribution in [1.82, 2.24) is 15.8 Å². The van der Waals surface area contributed by atoms with Crippen LogP contribution in [-0.4, -0.2) is 23.3 Å². The Hall–Kier alpha value is -1.51. The van der Waals surface area contributed by atoms with E-state index in [1.807, 2.05) is 18.2 Å². The maximum absolute atomic E-state index is 12.7. The Balaban J connectivity index is 0.00000128. The van der Waals surface area contributed by atoms with Crippen molar-refractivity contribution in [2.75, 3.05) is 6.54 Å². The zero-order valence-corrected chi connectivity index (χ0v) is 20.2. The maximum atomic E-state index is 12.7. The summed E-state index contributed by atoms with van der Waals surface area (Å²) in [5.74, 6) is 1.62. The third kappa shape index (κ3) is 4.01. The number of nitrogens with two attached hydrogens (primary N) is 1. The summed E-state index contributed by atoms with van der Waals surface area (Å²) in [6.45, 7) is -0.177. The molecule has 0 atom stereocenters. The minimum Gasteiger partial charge on any atom is -0.322 e. The molecule has 0 aliphatic heterocycles. The number of nitrogens with one attached hydrogen (secondary N) is 2. The van der Waals surface area contributed by atoms with Gasteiger partial charge in [0, 0.05) is 5.39 Å². The second-order valence-electron chi connectivity index (χ2n) is 8.98. The number of fused-ring (bicyclic) bond motifs is 1.